The van der Waals surface area contributed by atoms with E-state index in [4.69, 9.17) is 0 Å². The summed E-state index contributed by atoms with van der Waals surface area (Å²) in [6.45, 7) is 53.1. The molecule has 11 aliphatic rings. The van der Waals surface area contributed by atoms with Crippen LogP contribution in [0.15, 0.2) is 0 Å². The third-order valence-corrected chi connectivity index (χ3v) is 29.8. The molecule has 2 saturated heterocycles. The second-order valence-electron chi connectivity index (χ2n) is 42.9. The second kappa shape index (κ2) is 59.9. The molecular formula is C103H197N5O5. The van der Waals surface area contributed by atoms with E-state index in [-0.39, 0.29) is 23.6 Å². The Bertz CT molecular complexity index is 2330. The fourth-order valence-corrected chi connectivity index (χ4v) is 20.7. The molecule has 0 aromatic rings. The normalized spacial score (nSPS) is 32.5. The molecule has 10 nitrogen and oxygen atoms in total. The van der Waals surface area contributed by atoms with Crippen LogP contribution in [0.2, 0.25) is 0 Å². The van der Waals surface area contributed by atoms with E-state index in [1.165, 1.54) is 263 Å². The van der Waals surface area contributed by atoms with Gasteiger partial charge in [-0.2, -0.15) is 0 Å². The molecule has 3 atom stereocenters. The molecular weight excluding hydrogens is 1390 g/mol. The van der Waals surface area contributed by atoms with Gasteiger partial charge >= 0.3 is 0 Å². The Balaban J connectivity index is 0.000000330. The monoisotopic (exact) mass is 1580 g/mol. The minimum atomic E-state index is 0.115. The summed E-state index contributed by atoms with van der Waals surface area (Å²) < 4.78 is 0. The van der Waals surface area contributed by atoms with Crippen molar-refractivity contribution in [1.29, 1.82) is 0 Å². The maximum absolute atomic E-state index is 12.4. The van der Waals surface area contributed by atoms with Crippen molar-refractivity contribution in [2.24, 2.45) is 130 Å². The number of amides is 5. The topological polar surface area (TPSA) is 128 Å². The Morgan fingerprint density at radius 2 is 0.673 bits per heavy atom. The number of nitrogens with zero attached hydrogens (tertiary/aromatic N) is 2. The molecule has 11 fully saturated rings. The maximum Gasteiger partial charge on any atom is 0.225 e. The molecule has 0 unspecified atom stereocenters. The fraction of sp³-hybridized carbons (Fsp3) is 0.951. The first-order chi connectivity index (χ1) is 53.7. The van der Waals surface area contributed by atoms with E-state index in [2.05, 4.69) is 157 Å². The van der Waals surface area contributed by atoms with Crippen LogP contribution in [0.5, 0.6) is 0 Å². The third-order valence-electron chi connectivity index (χ3n) is 29.8. The predicted octanol–water partition coefficient (Wildman–Crippen LogP) is 28.1. The minimum absolute atomic E-state index is 0.115. The van der Waals surface area contributed by atoms with Gasteiger partial charge in [-0.1, -0.05) is 235 Å². The zero-order chi connectivity index (χ0) is 84.0. The van der Waals surface area contributed by atoms with Crippen LogP contribution in [0.25, 0.3) is 0 Å². The highest BCUT2D eigenvalue weighted by Gasteiger charge is 2.34. The van der Waals surface area contributed by atoms with E-state index in [0.29, 0.717) is 47.7 Å². The van der Waals surface area contributed by atoms with E-state index in [1.807, 2.05) is 13.8 Å². The summed E-state index contributed by atoms with van der Waals surface area (Å²) in [6.07, 6.45) is 62.4. The summed E-state index contributed by atoms with van der Waals surface area (Å²) in [6, 6.07) is 1.40. The van der Waals surface area contributed by atoms with Gasteiger partial charge in [-0.05, 0) is 319 Å². The quantitative estimate of drug-likeness (QED) is 0.142. The Morgan fingerprint density at radius 3 is 1.01 bits per heavy atom. The number of rotatable bonds is 16. The van der Waals surface area contributed by atoms with Gasteiger partial charge in [0, 0.05) is 75.4 Å². The molecule has 10 heteroatoms. The number of carbonyl (C=O) groups is 5. The van der Waals surface area contributed by atoms with Crippen molar-refractivity contribution in [2.75, 3.05) is 26.7 Å². The van der Waals surface area contributed by atoms with Crippen LogP contribution in [-0.4, -0.2) is 84.1 Å². The molecule has 0 spiro atoms. The van der Waals surface area contributed by atoms with Crippen molar-refractivity contribution in [3.63, 3.8) is 0 Å². The number of hydrogen-bond donors (Lipinski definition) is 3. The smallest absolute Gasteiger partial charge is 0.225 e. The van der Waals surface area contributed by atoms with Gasteiger partial charge in [0.15, 0.2) is 0 Å². The molecule has 0 aromatic carbocycles. The summed E-state index contributed by atoms with van der Waals surface area (Å²) in [4.78, 5) is 62.1. The number of nitrogens with one attached hydrogen (secondary N) is 3. The SMILES string of the molecule is CC(=O)NC1CCC(C)CC1.CC(C)CCC1CCC(C)CC1.CC(C)C[C@@H](C)C1CCC(C)CC1.CC(C)C[C@H](C)C1CCC(C)CC1.CC1CCC(C(=O)N2CCCCC2)CC1.CC1CCC(C(=O)N2CCCC[C@H]2C)CC1.CC1CCC(NC(=O)C(C)C)CC1.CCC1CCC(C)CC1.CNC(=O)C1CCC(C)CC1. The molecule has 9 aliphatic carbocycles. The second-order valence-corrected chi connectivity index (χ2v) is 42.9. The Morgan fingerprint density at radius 1 is 0.345 bits per heavy atom. The first-order valence-electron chi connectivity index (χ1n) is 50.0. The van der Waals surface area contributed by atoms with E-state index in [9.17, 15) is 24.0 Å². The summed E-state index contributed by atoms with van der Waals surface area (Å²) in [5, 5.41) is 8.77. The van der Waals surface area contributed by atoms with Gasteiger partial charge < -0.3 is 25.8 Å². The molecule has 0 aromatic heterocycles. The highest BCUT2D eigenvalue weighted by Crippen LogP contribution is 2.39. The predicted molar refractivity (Wildman–Crippen MR) is 489 cm³/mol. The molecule has 2 aliphatic heterocycles. The zero-order valence-corrected chi connectivity index (χ0v) is 79.7. The summed E-state index contributed by atoms with van der Waals surface area (Å²) in [5.41, 5.74) is 0. The Hall–Kier alpha value is -2.65. The highest BCUT2D eigenvalue weighted by molar-refractivity contribution is 5.80. The van der Waals surface area contributed by atoms with Crippen molar-refractivity contribution in [3.8, 4) is 0 Å². The van der Waals surface area contributed by atoms with E-state index >= 15 is 0 Å². The van der Waals surface area contributed by atoms with Gasteiger partial charge in [-0.15, -0.1) is 0 Å². The van der Waals surface area contributed by atoms with Crippen molar-refractivity contribution >= 4 is 29.5 Å². The van der Waals surface area contributed by atoms with Gasteiger partial charge in [0.1, 0.15) is 0 Å². The van der Waals surface area contributed by atoms with Crippen LogP contribution in [-0.2, 0) is 24.0 Å². The highest BCUT2D eigenvalue weighted by atomic mass is 16.2. The average Bonchev–Trinajstić information content (AvgIpc) is 0.852. The van der Waals surface area contributed by atoms with Crippen LogP contribution in [0.3, 0.4) is 0 Å². The largest absolute Gasteiger partial charge is 0.359 e. The van der Waals surface area contributed by atoms with Crippen LogP contribution >= 0.6 is 0 Å². The van der Waals surface area contributed by atoms with Gasteiger partial charge in [0.25, 0.3) is 0 Å². The lowest BCUT2D eigenvalue weighted by Crippen LogP contribution is -2.45. The molecule has 11 rings (SSSR count). The van der Waals surface area contributed by atoms with Crippen molar-refractivity contribution in [1.82, 2.24) is 25.8 Å². The third kappa shape index (κ3) is 47.2. The molecule has 3 N–H and O–H groups in total. The van der Waals surface area contributed by atoms with Crippen LogP contribution in [0.1, 0.15) is 454 Å². The minimum Gasteiger partial charge on any atom is -0.359 e. The van der Waals surface area contributed by atoms with E-state index in [1.54, 1.807) is 14.0 Å². The molecule has 5 amide bonds. The van der Waals surface area contributed by atoms with Crippen molar-refractivity contribution < 1.29 is 24.0 Å². The van der Waals surface area contributed by atoms with Crippen LogP contribution < -0.4 is 16.0 Å². The van der Waals surface area contributed by atoms with Crippen molar-refractivity contribution in [2.45, 2.75) is 472 Å². The van der Waals surface area contributed by atoms with Crippen LogP contribution in [0, 0.1) is 130 Å². The lowest BCUT2D eigenvalue weighted by atomic mass is 9.75. The number of piperidine rings is 2. The lowest BCUT2D eigenvalue weighted by molar-refractivity contribution is -0.140. The number of likely N-dealkylation sites (tertiary alicyclic amines) is 2. The van der Waals surface area contributed by atoms with E-state index in [0.717, 1.165) is 165 Å². The Kier molecular flexibility index (Phi) is 55.4. The van der Waals surface area contributed by atoms with Gasteiger partial charge in [0.2, 0.25) is 29.5 Å². The van der Waals surface area contributed by atoms with Crippen LogP contribution in [0.4, 0.5) is 0 Å². The Labute approximate surface area is 704 Å². The van der Waals surface area contributed by atoms with Gasteiger partial charge in [0.05, 0.1) is 0 Å². The molecule has 113 heavy (non-hydrogen) atoms. The molecule has 0 radical (unpaired) electrons. The maximum atomic E-state index is 12.4. The zero-order valence-electron chi connectivity index (χ0n) is 79.7. The number of carbonyl (C=O) groups excluding carboxylic acids is 5. The summed E-state index contributed by atoms with van der Waals surface area (Å²) >= 11 is 0. The lowest BCUT2D eigenvalue weighted by Gasteiger charge is -2.37. The standard InChI is InChI=1S/C14H25NO.C13H23NO.2C13H26.C12H24.C11H21NO.2C9H17NO.C9H18/c1-11-6-8-13(9-7-11)14(16)15-10-4-3-5-12(15)2;1-11-5-7-12(8-6-11)13(15)14-9-3-2-4-10-14;2*1-10(2)9-12(4)13-7-5-11(3)6-8-13;1-10(2)4-7-12-8-5-11(3)6-9-12;1-8(2)11(13)12-10-6-4-9(3)5-7-10;1-7-3-5-8(6-4-7)9(11)10-2;1-7-3-5-9(6-4-7)10-8(2)11;1-3-9-6-4-8(2)5-7-9/h11-13H,3-10H2,1-2H3;11-12H,2-10H2,1H3;2*10-13H,5-9H2,1-4H3;10-12H,4-9H2,1-3H3;8-10H,4-7H2,1-3H3,(H,12,13);7-8H,3-6H2,1-2H3,(H,10,11);7,9H,3-6H2,1-2H3,(H,10,11);8-9H,3-7H2,1-2H3/t11?,12-,13?;;2*11?,12-,13?;;;;;/m1.10...../s1. The molecule has 0 bridgehead atoms. The van der Waals surface area contributed by atoms with E-state index < -0.39 is 0 Å². The molecule has 9 saturated carbocycles. The first kappa shape index (κ1) is 105. The number of hydrogen-bond acceptors (Lipinski definition) is 5. The first-order valence-corrected chi connectivity index (χ1v) is 50.0. The van der Waals surface area contributed by atoms with Gasteiger partial charge in [-0.3, -0.25) is 24.0 Å². The molecule has 2 heterocycles. The summed E-state index contributed by atoms with van der Waals surface area (Å²) in [7, 11) is 1.72. The summed E-state index contributed by atoms with van der Waals surface area (Å²) in [5.74, 6) is 19.7. The fourth-order valence-electron chi connectivity index (χ4n) is 20.7. The van der Waals surface area contributed by atoms with Gasteiger partial charge in [-0.25, -0.2) is 0 Å². The molecule has 664 valence electrons. The average molecular weight is 1590 g/mol. The van der Waals surface area contributed by atoms with Crippen molar-refractivity contribution in [3.05, 3.63) is 0 Å².